The van der Waals surface area contributed by atoms with Gasteiger partial charge in [0.2, 0.25) is 0 Å². The molecule has 0 spiro atoms. The first-order valence-corrected chi connectivity index (χ1v) is 8.48. The zero-order valence-electron chi connectivity index (χ0n) is 14.5. The molecule has 2 aliphatic rings. The number of nitrogens with zero attached hydrogens (tertiary/aromatic N) is 2. The summed E-state index contributed by atoms with van der Waals surface area (Å²) in [5, 5.41) is 5.74. The van der Waals surface area contributed by atoms with E-state index in [-0.39, 0.29) is 18.1 Å². The van der Waals surface area contributed by atoms with Gasteiger partial charge in [0, 0.05) is 31.4 Å². The average Bonchev–Trinajstić information content (AvgIpc) is 2.65. The van der Waals surface area contributed by atoms with Crippen LogP contribution in [0.4, 0.5) is 15.3 Å². The summed E-state index contributed by atoms with van der Waals surface area (Å²) in [5.74, 6) is 0.520. The summed E-state index contributed by atoms with van der Waals surface area (Å²) >= 11 is 0. The first-order chi connectivity index (χ1) is 12.1. The number of carbonyl (C=O) groups is 2. The van der Waals surface area contributed by atoms with Crippen LogP contribution in [0.25, 0.3) is 0 Å². The van der Waals surface area contributed by atoms with E-state index in [1.54, 1.807) is 4.90 Å². The fraction of sp³-hybridized carbons (Fsp3) is 0.444. The lowest BCUT2D eigenvalue weighted by atomic mass is 10.0. The molecule has 0 unspecified atom stereocenters. The molecule has 0 bridgehead atoms. The molecule has 2 N–H and O–H groups in total. The number of amides is 4. The minimum absolute atomic E-state index is 0.0574. The van der Waals surface area contributed by atoms with Gasteiger partial charge in [-0.2, -0.15) is 0 Å². The standard InChI is InChI=1S/C18H24N4O3/c1-13(25-2)11-19-17(23)21-9-7-15(8-10-21)22-12-14-5-3-4-6-16(14)20-18(22)24/h3-6,15H,1,7-12H2,2H3,(H,19,23)(H,20,24). The highest BCUT2D eigenvalue weighted by atomic mass is 16.5. The van der Waals surface area contributed by atoms with Gasteiger partial charge >= 0.3 is 12.1 Å². The Hall–Kier alpha value is -2.70. The normalized spacial score (nSPS) is 17.6. The van der Waals surface area contributed by atoms with Gasteiger partial charge in [0.15, 0.2) is 0 Å². The minimum atomic E-state index is -0.120. The van der Waals surface area contributed by atoms with Crippen LogP contribution >= 0.6 is 0 Å². The monoisotopic (exact) mass is 344 g/mol. The van der Waals surface area contributed by atoms with Crippen molar-refractivity contribution in [3.05, 3.63) is 42.2 Å². The SMILES string of the molecule is C=C(CNC(=O)N1CCC(N2Cc3ccccc3NC2=O)CC1)OC. The molecule has 3 rings (SSSR count). The number of urea groups is 2. The smallest absolute Gasteiger partial charge is 0.322 e. The molecule has 1 aromatic carbocycles. The van der Waals surface area contributed by atoms with Gasteiger partial charge in [-0.3, -0.25) is 0 Å². The second-order valence-electron chi connectivity index (χ2n) is 6.33. The largest absolute Gasteiger partial charge is 0.500 e. The molecule has 1 aromatic rings. The summed E-state index contributed by atoms with van der Waals surface area (Å²) in [6.07, 6.45) is 1.54. The van der Waals surface area contributed by atoms with Gasteiger partial charge in [-0.15, -0.1) is 0 Å². The molecule has 1 fully saturated rings. The first kappa shape index (κ1) is 17.1. The van der Waals surface area contributed by atoms with E-state index in [1.807, 2.05) is 29.2 Å². The number of hydrogen-bond acceptors (Lipinski definition) is 3. The highest BCUT2D eigenvalue weighted by Crippen LogP contribution is 2.27. The molecule has 0 radical (unpaired) electrons. The van der Waals surface area contributed by atoms with Crippen molar-refractivity contribution in [2.45, 2.75) is 25.4 Å². The van der Waals surface area contributed by atoms with Crippen molar-refractivity contribution in [1.29, 1.82) is 0 Å². The summed E-state index contributed by atoms with van der Waals surface area (Å²) in [7, 11) is 1.53. The third-order valence-corrected chi connectivity index (χ3v) is 4.78. The van der Waals surface area contributed by atoms with Crippen LogP contribution in [-0.2, 0) is 11.3 Å². The average molecular weight is 344 g/mol. The van der Waals surface area contributed by atoms with Crippen molar-refractivity contribution in [3.63, 3.8) is 0 Å². The lowest BCUT2D eigenvalue weighted by Crippen LogP contribution is -2.52. The third kappa shape index (κ3) is 3.87. The molecular formula is C18H24N4O3. The Morgan fingerprint density at radius 2 is 2.08 bits per heavy atom. The Labute approximate surface area is 147 Å². The first-order valence-electron chi connectivity index (χ1n) is 8.48. The molecule has 134 valence electrons. The van der Waals surface area contributed by atoms with Crippen LogP contribution in [0.5, 0.6) is 0 Å². The van der Waals surface area contributed by atoms with E-state index in [1.165, 1.54) is 7.11 Å². The number of benzene rings is 1. The van der Waals surface area contributed by atoms with Crippen molar-refractivity contribution in [2.75, 3.05) is 32.1 Å². The van der Waals surface area contributed by atoms with E-state index in [2.05, 4.69) is 17.2 Å². The van der Waals surface area contributed by atoms with Crippen molar-refractivity contribution < 1.29 is 14.3 Å². The molecule has 2 aliphatic heterocycles. The summed E-state index contributed by atoms with van der Waals surface area (Å²) in [6, 6.07) is 7.83. The van der Waals surface area contributed by atoms with E-state index in [0.29, 0.717) is 31.9 Å². The molecular weight excluding hydrogens is 320 g/mol. The van der Waals surface area contributed by atoms with Crippen LogP contribution in [0.1, 0.15) is 18.4 Å². The molecule has 0 aliphatic carbocycles. The summed E-state index contributed by atoms with van der Waals surface area (Å²) in [6.45, 7) is 5.86. The number of piperidine rings is 1. The number of fused-ring (bicyclic) bond motifs is 1. The Kier molecular flexibility index (Phi) is 5.11. The summed E-state index contributed by atoms with van der Waals surface area (Å²) in [5.41, 5.74) is 2.01. The van der Waals surface area contributed by atoms with Crippen LogP contribution in [0.15, 0.2) is 36.6 Å². The van der Waals surface area contributed by atoms with E-state index < -0.39 is 0 Å². The van der Waals surface area contributed by atoms with Gasteiger partial charge in [-0.25, -0.2) is 9.59 Å². The van der Waals surface area contributed by atoms with Crippen molar-refractivity contribution >= 4 is 17.7 Å². The van der Waals surface area contributed by atoms with Crippen LogP contribution < -0.4 is 10.6 Å². The third-order valence-electron chi connectivity index (χ3n) is 4.78. The number of anilines is 1. The molecule has 7 heteroatoms. The fourth-order valence-electron chi connectivity index (χ4n) is 3.26. The number of likely N-dealkylation sites (tertiary alicyclic amines) is 1. The molecule has 0 aromatic heterocycles. The molecule has 2 heterocycles. The number of ether oxygens (including phenoxy) is 1. The van der Waals surface area contributed by atoms with E-state index in [0.717, 1.165) is 24.1 Å². The Morgan fingerprint density at radius 1 is 1.36 bits per heavy atom. The van der Waals surface area contributed by atoms with Gasteiger partial charge < -0.3 is 25.2 Å². The van der Waals surface area contributed by atoms with Gasteiger partial charge in [-0.1, -0.05) is 24.8 Å². The summed E-state index contributed by atoms with van der Waals surface area (Å²) < 4.78 is 4.95. The molecule has 25 heavy (non-hydrogen) atoms. The lowest BCUT2D eigenvalue weighted by molar-refractivity contribution is 0.128. The highest BCUT2D eigenvalue weighted by Gasteiger charge is 2.32. The van der Waals surface area contributed by atoms with Crippen molar-refractivity contribution in [1.82, 2.24) is 15.1 Å². The summed E-state index contributed by atoms with van der Waals surface area (Å²) in [4.78, 5) is 28.2. The number of carbonyl (C=O) groups excluding carboxylic acids is 2. The fourth-order valence-corrected chi connectivity index (χ4v) is 3.26. The lowest BCUT2D eigenvalue weighted by Gasteiger charge is -2.40. The Balaban J connectivity index is 1.53. The zero-order valence-corrected chi connectivity index (χ0v) is 14.5. The van der Waals surface area contributed by atoms with Crippen LogP contribution in [0.2, 0.25) is 0 Å². The van der Waals surface area contributed by atoms with Gasteiger partial charge in [0.05, 0.1) is 13.7 Å². The van der Waals surface area contributed by atoms with Gasteiger partial charge in [0.1, 0.15) is 5.76 Å². The number of para-hydroxylation sites is 1. The van der Waals surface area contributed by atoms with Crippen LogP contribution in [-0.4, -0.2) is 54.6 Å². The van der Waals surface area contributed by atoms with Gasteiger partial charge in [0.25, 0.3) is 0 Å². The Morgan fingerprint density at radius 3 is 2.80 bits per heavy atom. The molecule has 7 nitrogen and oxygen atoms in total. The maximum absolute atomic E-state index is 12.4. The topological polar surface area (TPSA) is 73.9 Å². The van der Waals surface area contributed by atoms with E-state index in [9.17, 15) is 9.59 Å². The number of nitrogens with one attached hydrogen (secondary N) is 2. The van der Waals surface area contributed by atoms with E-state index >= 15 is 0 Å². The predicted octanol–water partition coefficient (Wildman–Crippen LogP) is 2.37. The zero-order chi connectivity index (χ0) is 17.8. The maximum Gasteiger partial charge on any atom is 0.322 e. The number of rotatable bonds is 4. The molecule has 1 saturated heterocycles. The molecule has 0 saturated carbocycles. The maximum atomic E-state index is 12.4. The predicted molar refractivity (Wildman–Crippen MR) is 95.1 cm³/mol. The Bertz CT molecular complexity index is 668. The minimum Gasteiger partial charge on any atom is -0.500 e. The number of methoxy groups -OCH3 is 1. The number of hydrogen-bond donors (Lipinski definition) is 2. The molecule has 0 atom stereocenters. The quantitative estimate of drug-likeness (QED) is 0.824. The van der Waals surface area contributed by atoms with Crippen molar-refractivity contribution in [2.24, 2.45) is 0 Å². The highest BCUT2D eigenvalue weighted by molar-refractivity contribution is 5.92. The van der Waals surface area contributed by atoms with Crippen LogP contribution in [0, 0.1) is 0 Å². The second kappa shape index (κ2) is 7.46. The van der Waals surface area contributed by atoms with Crippen molar-refractivity contribution in [3.8, 4) is 0 Å². The van der Waals surface area contributed by atoms with Gasteiger partial charge in [-0.05, 0) is 24.5 Å². The van der Waals surface area contributed by atoms with E-state index in [4.69, 9.17) is 4.74 Å². The van der Waals surface area contributed by atoms with Crippen LogP contribution in [0.3, 0.4) is 0 Å². The molecule has 4 amide bonds. The second-order valence-corrected chi connectivity index (χ2v) is 6.33.